The molecule has 1 aromatic rings. The number of hydrogen-bond acceptors (Lipinski definition) is 3. The third-order valence-corrected chi connectivity index (χ3v) is 3.29. The Morgan fingerprint density at radius 3 is 2.15 bits per heavy atom. The summed E-state index contributed by atoms with van der Waals surface area (Å²) in [6, 6.07) is 7.36. The highest BCUT2D eigenvalue weighted by Crippen LogP contribution is 2.20. The van der Waals surface area contributed by atoms with Crippen LogP contribution in [-0.4, -0.2) is 48.1 Å². The summed E-state index contributed by atoms with van der Waals surface area (Å²) in [6.45, 7) is 1.73. The van der Waals surface area contributed by atoms with Crippen molar-refractivity contribution in [3.8, 4) is 0 Å². The molecule has 1 amide bonds. The molecule has 1 aromatic carbocycles. The van der Waals surface area contributed by atoms with Crippen LogP contribution in [0, 0.1) is 0 Å². The van der Waals surface area contributed by atoms with Crippen LogP contribution < -0.4 is 5.73 Å². The molecule has 1 saturated heterocycles. The third kappa shape index (κ3) is 3.63. The Bertz CT molecular complexity index is 465. The first-order valence-electron chi connectivity index (χ1n) is 6.29. The van der Waals surface area contributed by atoms with Crippen molar-refractivity contribution < 1.29 is 18.0 Å². The van der Waals surface area contributed by atoms with E-state index in [1.54, 1.807) is 12.1 Å². The van der Waals surface area contributed by atoms with Gasteiger partial charge >= 0.3 is 12.1 Å². The maximum absolute atomic E-state index is 12.3. The molecule has 0 bridgehead atoms. The largest absolute Gasteiger partial charge is 0.471 e. The number of nitrogens with zero attached hydrogens (tertiary/aromatic N) is 2. The molecule has 110 valence electrons. The second-order valence-electron chi connectivity index (χ2n) is 4.81. The lowest BCUT2D eigenvalue weighted by atomic mass is 10.2. The molecule has 1 aliphatic rings. The molecule has 0 atom stereocenters. The first kappa shape index (κ1) is 14.6. The van der Waals surface area contributed by atoms with Gasteiger partial charge in [0.05, 0.1) is 0 Å². The first-order valence-corrected chi connectivity index (χ1v) is 6.29. The lowest BCUT2D eigenvalue weighted by Crippen LogP contribution is -2.52. The summed E-state index contributed by atoms with van der Waals surface area (Å²) in [5.41, 5.74) is 7.31. The Hall–Kier alpha value is -1.76. The second kappa shape index (κ2) is 5.70. The molecule has 1 fully saturated rings. The van der Waals surface area contributed by atoms with Gasteiger partial charge in [-0.05, 0) is 17.7 Å². The molecule has 20 heavy (non-hydrogen) atoms. The van der Waals surface area contributed by atoms with Gasteiger partial charge in [0.25, 0.3) is 0 Å². The Morgan fingerprint density at radius 1 is 1.10 bits per heavy atom. The number of nitrogens with two attached hydrogens (primary N) is 1. The number of amides is 1. The summed E-state index contributed by atoms with van der Waals surface area (Å²) in [5, 5.41) is 0. The van der Waals surface area contributed by atoms with E-state index in [9.17, 15) is 18.0 Å². The van der Waals surface area contributed by atoms with Gasteiger partial charge in [-0.2, -0.15) is 13.2 Å². The standard InChI is InChI=1S/C13H16F3N3O/c14-13(15,16)12(20)19-7-5-18(6-8-19)9-10-1-3-11(17)4-2-10/h1-4H,5-9,17H2. The van der Waals surface area contributed by atoms with E-state index in [0.717, 1.165) is 10.5 Å². The van der Waals surface area contributed by atoms with E-state index >= 15 is 0 Å². The molecule has 0 aliphatic carbocycles. The van der Waals surface area contributed by atoms with Crippen LogP contribution in [0.25, 0.3) is 0 Å². The summed E-state index contributed by atoms with van der Waals surface area (Å²) >= 11 is 0. The SMILES string of the molecule is Nc1ccc(CN2CCN(C(=O)C(F)(F)F)CC2)cc1. The summed E-state index contributed by atoms with van der Waals surface area (Å²) in [5.74, 6) is -1.75. The highest BCUT2D eigenvalue weighted by atomic mass is 19.4. The molecule has 2 rings (SSSR count). The van der Waals surface area contributed by atoms with Gasteiger partial charge in [-0.15, -0.1) is 0 Å². The van der Waals surface area contributed by atoms with E-state index in [-0.39, 0.29) is 13.1 Å². The van der Waals surface area contributed by atoms with Crippen LogP contribution in [0.4, 0.5) is 18.9 Å². The molecule has 2 N–H and O–H groups in total. The van der Waals surface area contributed by atoms with Crippen LogP contribution in [0.2, 0.25) is 0 Å². The number of halogens is 3. The fraction of sp³-hybridized carbons (Fsp3) is 0.462. The Kier molecular flexibility index (Phi) is 4.17. The number of nitrogen functional groups attached to an aromatic ring is 1. The molecule has 0 saturated carbocycles. The number of rotatable bonds is 2. The molecule has 0 radical (unpaired) electrons. The minimum Gasteiger partial charge on any atom is -0.399 e. The fourth-order valence-electron chi connectivity index (χ4n) is 2.17. The fourth-order valence-corrected chi connectivity index (χ4v) is 2.17. The van der Waals surface area contributed by atoms with Crippen molar-refractivity contribution in [1.29, 1.82) is 0 Å². The Labute approximate surface area is 114 Å². The summed E-state index contributed by atoms with van der Waals surface area (Å²) in [4.78, 5) is 14.0. The van der Waals surface area contributed by atoms with Gasteiger partial charge in [-0.1, -0.05) is 12.1 Å². The lowest BCUT2D eigenvalue weighted by molar-refractivity contribution is -0.187. The van der Waals surface area contributed by atoms with Gasteiger partial charge in [0.15, 0.2) is 0 Å². The molecule has 7 heteroatoms. The minimum absolute atomic E-state index is 0.104. The van der Waals surface area contributed by atoms with Crippen LogP contribution in [0.1, 0.15) is 5.56 Å². The highest BCUT2D eigenvalue weighted by Gasteiger charge is 2.43. The average molecular weight is 287 g/mol. The summed E-state index contributed by atoms with van der Waals surface area (Å²) in [7, 11) is 0. The van der Waals surface area contributed by atoms with Crippen molar-refractivity contribution in [3.05, 3.63) is 29.8 Å². The second-order valence-corrected chi connectivity index (χ2v) is 4.81. The predicted molar refractivity (Wildman–Crippen MR) is 68.8 cm³/mol. The van der Waals surface area contributed by atoms with Crippen molar-refractivity contribution in [2.24, 2.45) is 0 Å². The van der Waals surface area contributed by atoms with Crippen molar-refractivity contribution in [3.63, 3.8) is 0 Å². The van der Waals surface area contributed by atoms with Gasteiger partial charge in [0, 0.05) is 38.4 Å². The predicted octanol–water partition coefficient (Wildman–Crippen LogP) is 1.48. The van der Waals surface area contributed by atoms with Gasteiger partial charge in [-0.25, -0.2) is 0 Å². The Balaban J connectivity index is 1.85. The number of anilines is 1. The minimum atomic E-state index is -4.78. The van der Waals surface area contributed by atoms with Gasteiger partial charge in [0.2, 0.25) is 0 Å². The lowest BCUT2D eigenvalue weighted by Gasteiger charge is -2.35. The van der Waals surface area contributed by atoms with Crippen LogP contribution in [-0.2, 0) is 11.3 Å². The molecule has 4 nitrogen and oxygen atoms in total. The zero-order chi connectivity index (χ0) is 14.8. The monoisotopic (exact) mass is 287 g/mol. The van der Waals surface area contributed by atoms with Crippen molar-refractivity contribution in [2.45, 2.75) is 12.7 Å². The maximum Gasteiger partial charge on any atom is 0.471 e. The normalized spacial score (nSPS) is 17.2. The van der Waals surface area contributed by atoms with E-state index in [2.05, 4.69) is 0 Å². The summed E-state index contributed by atoms with van der Waals surface area (Å²) < 4.78 is 36.9. The molecular weight excluding hydrogens is 271 g/mol. The highest BCUT2D eigenvalue weighted by molar-refractivity contribution is 5.81. The summed E-state index contributed by atoms with van der Waals surface area (Å²) in [6.07, 6.45) is -4.78. The number of piperazine rings is 1. The topological polar surface area (TPSA) is 49.6 Å². The van der Waals surface area contributed by atoms with Crippen molar-refractivity contribution >= 4 is 11.6 Å². The quantitative estimate of drug-likeness (QED) is 0.838. The third-order valence-electron chi connectivity index (χ3n) is 3.29. The van der Waals surface area contributed by atoms with E-state index in [1.807, 2.05) is 17.0 Å². The zero-order valence-electron chi connectivity index (χ0n) is 10.9. The van der Waals surface area contributed by atoms with Gasteiger partial charge < -0.3 is 10.6 Å². The van der Waals surface area contributed by atoms with Crippen molar-refractivity contribution in [2.75, 3.05) is 31.9 Å². The van der Waals surface area contributed by atoms with E-state index in [1.165, 1.54) is 0 Å². The molecule has 0 spiro atoms. The first-order chi connectivity index (χ1) is 9.36. The van der Waals surface area contributed by atoms with Gasteiger partial charge in [0.1, 0.15) is 0 Å². The molecule has 0 aromatic heterocycles. The van der Waals surface area contributed by atoms with Crippen LogP contribution >= 0.6 is 0 Å². The average Bonchev–Trinajstić information content (AvgIpc) is 2.40. The molecular formula is C13H16F3N3O. The molecule has 1 aliphatic heterocycles. The number of benzene rings is 1. The molecule has 0 unspecified atom stereocenters. The number of carbonyl (C=O) groups is 1. The van der Waals surface area contributed by atoms with Gasteiger partial charge in [-0.3, -0.25) is 9.69 Å². The van der Waals surface area contributed by atoms with E-state index < -0.39 is 12.1 Å². The molecule has 1 heterocycles. The number of alkyl halides is 3. The van der Waals surface area contributed by atoms with Crippen molar-refractivity contribution in [1.82, 2.24) is 9.80 Å². The van der Waals surface area contributed by atoms with Crippen LogP contribution in [0.15, 0.2) is 24.3 Å². The van der Waals surface area contributed by atoms with E-state index in [0.29, 0.717) is 25.3 Å². The van der Waals surface area contributed by atoms with Crippen LogP contribution in [0.5, 0.6) is 0 Å². The smallest absolute Gasteiger partial charge is 0.399 e. The number of carbonyl (C=O) groups excluding carboxylic acids is 1. The van der Waals surface area contributed by atoms with E-state index in [4.69, 9.17) is 5.73 Å². The number of hydrogen-bond donors (Lipinski definition) is 1. The maximum atomic E-state index is 12.3. The zero-order valence-corrected chi connectivity index (χ0v) is 10.9. The van der Waals surface area contributed by atoms with Crippen LogP contribution in [0.3, 0.4) is 0 Å². The Morgan fingerprint density at radius 2 is 1.65 bits per heavy atom.